The molecule has 1 aliphatic heterocycles. The van der Waals surface area contributed by atoms with Crippen LogP contribution in [0.3, 0.4) is 0 Å². The molecule has 0 amide bonds. The lowest BCUT2D eigenvalue weighted by Crippen LogP contribution is -2.26. The van der Waals surface area contributed by atoms with Gasteiger partial charge in [0.15, 0.2) is 0 Å². The van der Waals surface area contributed by atoms with E-state index >= 15 is 0 Å². The summed E-state index contributed by atoms with van der Waals surface area (Å²) in [5.41, 5.74) is 7.35. The Bertz CT molecular complexity index is 1210. The first kappa shape index (κ1) is 17.0. The highest BCUT2D eigenvalue weighted by Crippen LogP contribution is 2.34. The highest BCUT2D eigenvalue weighted by molar-refractivity contribution is 5.86. The number of aromatic amines is 1. The Morgan fingerprint density at radius 3 is 2.93 bits per heavy atom. The van der Waals surface area contributed by atoms with Crippen LogP contribution in [0.2, 0.25) is 0 Å². The van der Waals surface area contributed by atoms with Crippen LogP contribution < -0.4 is 10.6 Å². The molecule has 6 nitrogen and oxygen atoms in total. The maximum absolute atomic E-state index is 4.92. The highest BCUT2D eigenvalue weighted by atomic mass is 15.1. The van der Waals surface area contributed by atoms with Gasteiger partial charge in [0.1, 0.15) is 17.1 Å². The van der Waals surface area contributed by atoms with Crippen LogP contribution in [0.25, 0.3) is 22.1 Å². The summed E-state index contributed by atoms with van der Waals surface area (Å²) in [5.74, 6) is 1.47. The number of H-pyrrole nitrogens is 1. The second-order valence-corrected chi connectivity index (χ2v) is 8.42. The largest absolute Gasteiger partial charge is 0.346 e. The van der Waals surface area contributed by atoms with E-state index < -0.39 is 0 Å². The minimum absolute atomic E-state index is 0.599. The average molecular weight is 387 g/mol. The number of fused-ring (bicyclic) bond motifs is 4. The first-order valence-electron chi connectivity index (χ1n) is 10.7. The van der Waals surface area contributed by atoms with E-state index in [2.05, 4.69) is 56.6 Å². The zero-order valence-electron chi connectivity index (χ0n) is 16.8. The Kier molecular flexibility index (Phi) is 3.87. The van der Waals surface area contributed by atoms with E-state index in [9.17, 15) is 0 Å². The van der Waals surface area contributed by atoms with E-state index in [0.717, 1.165) is 35.9 Å². The van der Waals surface area contributed by atoms with Gasteiger partial charge in [-0.15, -0.1) is 0 Å². The summed E-state index contributed by atoms with van der Waals surface area (Å²) in [6, 6.07) is 6.53. The topological polar surface area (TPSA) is 70.6 Å². The minimum Gasteiger partial charge on any atom is -0.346 e. The number of piperidine rings is 1. The van der Waals surface area contributed by atoms with Crippen molar-refractivity contribution in [3.05, 3.63) is 47.4 Å². The van der Waals surface area contributed by atoms with E-state index in [4.69, 9.17) is 4.98 Å². The molecular weight excluding hydrogens is 360 g/mol. The average Bonchev–Trinajstić information content (AvgIpc) is 3.46. The number of anilines is 2. The third-order valence-electron chi connectivity index (χ3n) is 6.73. The third kappa shape index (κ3) is 2.74. The molecule has 0 saturated carbocycles. The van der Waals surface area contributed by atoms with E-state index in [0.29, 0.717) is 5.92 Å². The Balaban J connectivity index is 1.34. The van der Waals surface area contributed by atoms with Gasteiger partial charge in [-0.05, 0) is 80.4 Å². The predicted molar refractivity (Wildman–Crippen MR) is 117 cm³/mol. The molecular formula is C23H26N6. The highest BCUT2D eigenvalue weighted by Gasteiger charge is 2.21. The molecule has 1 aliphatic carbocycles. The fourth-order valence-corrected chi connectivity index (χ4v) is 5.24. The zero-order valence-corrected chi connectivity index (χ0v) is 16.8. The van der Waals surface area contributed by atoms with E-state index in [-0.39, 0.29) is 0 Å². The predicted octanol–water partition coefficient (Wildman–Crippen LogP) is 4.15. The summed E-state index contributed by atoms with van der Waals surface area (Å²) >= 11 is 0. The van der Waals surface area contributed by atoms with Gasteiger partial charge in [0.25, 0.3) is 0 Å². The first-order chi connectivity index (χ1) is 14.3. The molecule has 6 rings (SSSR count). The van der Waals surface area contributed by atoms with Gasteiger partial charge in [-0.3, -0.25) is 0 Å². The molecule has 1 saturated heterocycles. The van der Waals surface area contributed by atoms with Gasteiger partial charge in [-0.2, -0.15) is 0 Å². The number of aryl methyl sites for hydroxylation is 2. The van der Waals surface area contributed by atoms with Crippen LogP contribution >= 0.6 is 0 Å². The van der Waals surface area contributed by atoms with Crippen molar-refractivity contribution in [3.8, 4) is 0 Å². The first-order valence-corrected chi connectivity index (χ1v) is 10.7. The maximum atomic E-state index is 4.92. The Labute approximate surface area is 169 Å². The number of nitrogens with zero attached hydrogens (tertiary/aromatic N) is 3. The monoisotopic (exact) mass is 386 g/mol. The van der Waals surface area contributed by atoms with Crippen LogP contribution in [0.4, 0.5) is 11.5 Å². The molecule has 6 heteroatoms. The molecule has 0 bridgehead atoms. The van der Waals surface area contributed by atoms with Crippen LogP contribution in [0.5, 0.6) is 0 Å². The number of hydrogen-bond donors (Lipinski definition) is 3. The quantitative estimate of drug-likeness (QED) is 0.495. The lowest BCUT2D eigenvalue weighted by Gasteiger charge is -2.22. The summed E-state index contributed by atoms with van der Waals surface area (Å²) < 4.78 is 2.27. The molecule has 0 atom stereocenters. The number of hydrogen-bond acceptors (Lipinski definition) is 4. The Morgan fingerprint density at radius 1 is 1.14 bits per heavy atom. The molecule has 1 fully saturated rings. The normalized spacial score (nSPS) is 17.3. The van der Waals surface area contributed by atoms with Gasteiger partial charge in [0.05, 0.1) is 11.9 Å². The number of pyridine rings is 2. The van der Waals surface area contributed by atoms with Crippen molar-refractivity contribution in [2.45, 2.75) is 38.0 Å². The van der Waals surface area contributed by atoms with E-state index in [1.54, 1.807) is 0 Å². The summed E-state index contributed by atoms with van der Waals surface area (Å²) in [6.07, 6.45) is 10.0. The maximum Gasteiger partial charge on any atom is 0.142 e. The molecule has 148 valence electrons. The van der Waals surface area contributed by atoms with Crippen LogP contribution in [-0.4, -0.2) is 32.6 Å². The van der Waals surface area contributed by atoms with Gasteiger partial charge >= 0.3 is 0 Å². The Hall–Kier alpha value is -2.86. The zero-order chi connectivity index (χ0) is 19.4. The summed E-state index contributed by atoms with van der Waals surface area (Å²) in [5, 5.41) is 9.47. The lowest BCUT2D eigenvalue weighted by molar-refractivity contribution is 0.462. The minimum atomic E-state index is 0.599. The molecule has 4 aromatic rings. The number of rotatable bonds is 3. The summed E-state index contributed by atoms with van der Waals surface area (Å²) in [7, 11) is 2.14. The molecule has 3 N–H and O–H groups in total. The summed E-state index contributed by atoms with van der Waals surface area (Å²) in [6.45, 7) is 2.18. The SMILES string of the molecule is Cn1c2c(c3ccc(Nc4cnc5[nH]cc(C6CCNCC6)c5c4)nc31)CCC2. The molecule has 5 heterocycles. The Morgan fingerprint density at radius 2 is 2.03 bits per heavy atom. The standard InChI is InChI=1S/C23H26N6/c1-29-20-4-2-3-16(20)17-5-6-21(28-23(17)29)27-15-11-18-19(13-26-22(18)25-12-15)14-7-9-24-10-8-14/h5-6,11-14,24H,2-4,7-10H2,1H3,(H,25,26)(H,27,28). The van der Waals surface area contributed by atoms with Gasteiger partial charge < -0.3 is 20.2 Å². The van der Waals surface area contributed by atoms with Crippen molar-refractivity contribution >= 4 is 33.6 Å². The number of aromatic nitrogens is 4. The molecule has 0 unspecified atom stereocenters. The van der Waals surface area contributed by atoms with Crippen molar-refractivity contribution in [2.75, 3.05) is 18.4 Å². The summed E-state index contributed by atoms with van der Waals surface area (Å²) in [4.78, 5) is 12.9. The van der Waals surface area contributed by atoms with Crippen molar-refractivity contribution in [2.24, 2.45) is 7.05 Å². The smallest absolute Gasteiger partial charge is 0.142 e. The van der Waals surface area contributed by atoms with Crippen LogP contribution in [0, 0.1) is 0 Å². The van der Waals surface area contributed by atoms with Gasteiger partial charge in [-0.25, -0.2) is 9.97 Å². The molecule has 0 aromatic carbocycles. The molecule has 2 aliphatic rings. The second-order valence-electron chi connectivity index (χ2n) is 8.42. The van der Waals surface area contributed by atoms with Crippen molar-refractivity contribution in [3.63, 3.8) is 0 Å². The fourth-order valence-electron chi connectivity index (χ4n) is 5.24. The number of nitrogens with one attached hydrogen (secondary N) is 3. The molecule has 4 aromatic heterocycles. The van der Waals surface area contributed by atoms with E-state index in [1.165, 1.54) is 59.7 Å². The van der Waals surface area contributed by atoms with Crippen LogP contribution in [-0.2, 0) is 19.9 Å². The third-order valence-corrected chi connectivity index (χ3v) is 6.73. The van der Waals surface area contributed by atoms with Gasteiger partial charge in [0.2, 0.25) is 0 Å². The molecule has 0 spiro atoms. The van der Waals surface area contributed by atoms with Crippen molar-refractivity contribution in [1.29, 1.82) is 0 Å². The molecule has 0 radical (unpaired) electrons. The molecule has 29 heavy (non-hydrogen) atoms. The van der Waals surface area contributed by atoms with Crippen LogP contribution in [0.1, 0.15) is 42.0 Å². The second kappa shape index (κ2) is 6.59. The van der Waals surface area contributed by atoms with Gasteiger partial charge in [0, 0.05) is 29.7 Å². The lowest BCUT2D eigenvalue weighted by atomic mass is 9.90. The van der Waals surface area contributed by atoms with Crippen molar-refractivity contribution < 1.29 is 0 Å². The van der Waals surface area contributed by atoms with Crippen molar-refractivity contribution in [1.82, 2.24) is 24.8 Å². The fraction of sp³-hybridized carbons (Fsp3) is 0.391. The van der Waals surface area contributed by atoms with Gasteiger partial charge in [-0.1, -0.05) is 0 Å². The van der Waals surface area contributed by atoms with E-state index in [1.807, 2.05) is 6.20 Å². The van der Waals surface area contributed by atoms with Crippen LogP contribution in [0.15, 0.2) is 30.6 Å².